The number of hydrogen-bond donors (Lipinski definition) is 1. The first-order chi connectivity index (χ1) is 18.0. The lowest BCUT2D eigenvalue weighted by molar-refractivity contribution is -0.137. The number of nitrogens with zero attached hydrogens (tertiary/aromatic N) is 6. The standard InChI is InChI=1S/C25H22F3N7O3/c1-14-11-18(32-38-14)12-35-24(37)21-22(33(35)3)29-13-34(21)15(2)23(36)31-20-6-4-5-19(30-20)16-7-9-17(10-8-16)25(26,27)28/h4-11,13,15H,12H2,1-3H3,(H,30,31,36)/t15-/m0/s1. The molecule has 4 aromatic heterocycles. The third-order valence-electron chi connectivity index (χ3n) is 6.17. The van der Waals surface area contributed by atoms with Crippen LogP contribution in [0.15, 0.2) is 64.2 Å². The minimum absolute atomic E-state index is 0.171. The van der Waals surface area contributed by atoms with Crippen LogP contribution in [-0.2, 0) is 24.6 Å². The van der Waals surface area contributed by atoms with Gasteiger partial charge in [0.15, 0.2) is 11.2 Å². The van der Waals surface area contributed by atoms with Gasteiger partial charge in [-0.2, -0.15) is 13.2 Å². The second-order valence-corrected chi connectivity index (χ2v) is 8.79. The van der Waals surface area contributed by atoms with E-state index in [4.69, 9.17) is 4.52 Å². The molecule has 1 aromatic carbocycles. The lowest BCUT2D eigenvalue weighted by atomic mass is 10.1. The SMILES string of the molecule is Cc1cc(Cn2c(=O)c3c(ncn3[C@@H](C)C(=O)Nc3cccc(-c4ccc(C(F)(F)F)cc4)n3)n2C)no1. The summed E-state index contributed by atoms with van der Waals surface area (Å²) in [4.78, 5) is 35.0. The Balaban J connectivity index is 1.37. The zero-order chi connectivity index (χ0) is 27.2. The lowest BCUT2D eigenvalue weighted by Crippen LogP contribution is -2.27. The summed E-state index contributed by atoms with van der Waals surface area (Å²) in [6, 6.07) is 10.3. The first-order valence-corrected chi connectivity index (χ1v) is 11.5. The Hall–Kier alpha value is -4.68. The van der Waals surface area contributed by atoms with Crippen molar-refractivity contribution in [2.45, 2.75) is 32.6 Å². The molecule has 5 aromatic rings. The molecule has 13 heteroatoms. The topological polar surface area (TPSA) is 113 Å². The molecule has 5 rings (SSSR count). The maximum Gasteiger partial charge on any atom is 0.416 e. The second-order valence-electron chi connectivity index (χ2n) is 8.79. The van der Waals surface area contributed by atoms with Gasteiger partial charge in [0, 0.05) is 18.7 Å². The number of alkyl halides is 3. The number of rotatable bonds is 6. The van der Waals surface area contributed by atoms with Crippen LogP contribution in [0.25, 0.3) is 22.4 Å². The van der Waals surface area contributed by atoms with Crippen molar-refractivity contribution in [3.8, 4) is 11.3 Å². The second kappa shape index (κ2) is 9.32. The van der Waals surface area contributed by atoms with Crippen molar-refractivity contribution in [3.63, 3.8) is 0 Å². The van der Waals surface area contributed by atoms with E-state index in [0.717, 1.165) is 12.1 Å². The Kier molecular flexibility index (Phi) is 6.13. The Labute approximate surface area is 213 Å². The van der Waals surface area contributed by atoms with Gasteiger partial charge in [0.1, 0.15) is 23.3 Å². The summed E-state index contributed by atoms with van der Waals surface area (Å²) < 4.78 is 48.2. The molecule has 196 valence electrons. The van der Waals surface area contributed by atoms with Gasteiger partial charge in [-0.15, -0.1) is 0 Å². The molecule has 0 radical (unpaired) electrons. The molecule has 4 heterocycles. The average molecular weight is 525 g/mol. The minimum Gasteiger partial charge on any atom is -0.361 e. The quantitative estimate of drug-likeness (QED) is 0.356. The monoisotopic (exact) mass is 525 g/mol. The molecule has 1 N–H and O–H groups in total. The Morgan fingerprint density at radius 1 is 1.16 bits per heavy atom. The van der Waals surface area contributed by atoms with Crippen molar-refractivity contribution in [1.82, 2.24) is 29.1 Å². The number of fused-ring (bicyclic) bond motifs is 1. The number of hydrogen-bond acceptors (Lipinski definition) is 6. The molecule has 10 nitrogen and oxygen atoms in total. The van der Waals surface area contributed by atoms with E-state index in [-0.39, 0.29) is 23.4 Å². The first kappa shape index (κ1) is 25.0. The van der Waals surface area contributed by atoms with Crippen molar-refractivity contribution in [2.75, 3.05) is 5.32 Å². The molecule has 0 bridgehead atoms. The van der Waals surface area contributed by atoms with Gasteiger partial charge in [-0.1, -0.05) is 23.4 Å². The van der Waals surface area contributed by atoms with Gasteiger partial charge in [0.2, 0.25) is 5.91 Å². The average Bonchev–Trinajstić information content (AvgIpc) is 3.57. The molecule has 0 aliphatic rings. The van der Waals surface area contributed by atoms with Gasteiger partial charge in [-0.3, -0.25) is 14.3 Å². The maximum absolute atomic E-state index is 13.2. The van der Waals surface area contributed by atoms with Crippen molar-refractivity contribution in [1.29, 1.82) is 0 Å². The summed E-state index contributed by atoms with van der Waals surface area (Å²) in [5.74, 6) is 0.376. The number of amides is 1. The fraction of sp³-hybridized carbons (Fsp3) is 0.240. The van der Waals surface area contributed by atoms with Crippen molar-refractivity contribution in [2.24, 2.45) is 7.05 Å². The summed E-state index contributed by atoms with van der Waals surface area (Å²) in [6.45, 7) is 3.54. The maximum atomic E-state index is 13.2. The lowest BCUT2D eigenvalue weighted by Gasteiger charge is -2.14. The first-order valence-electron chi connectivity index (χ1n) is 11.5. The zero-order valence-corrected chi connectivity index (χ0v) is 20.5. The normalized spacial score (nSPS) is 12.7. The van der Waals surface area contributed by atoms with Crippen molar-refractivity contribution < 1.29 is 22.5 Å². The highest BCUT2D eigenvalue weighted by Crippen LogP contribution is 2.31. The number of pyridine rings is 1. The molecule has 0 saturated heterocycles. The number of aryl methyl sites for hydroxylation is 2. The van der Waals surface area contributed by atoms with Crippen LogP contribution in [0.3, 0.4) is 0 Å². The number of anilines is 1. The Morgan fingerprint density at radius 2 is 1.89 bits per heavy atom. The van der Waals surface area contributed by atoms with Gasteiger partial charge in [-0.25, -0.2) is 14.6 Å². The van der Waals surface area contributed by atoms with Gasteiger partial charge < -0.3 is 14.4 Å². The molecule has 0 aliphatic carbocycles. The number of imidazole rings is 1. The van der Waals surface area contributed by atoms with E-state index >= 15 is 0 Å². The van der Waals surface area contributed by atoms with Crippen LogP contribution in [-0.4, -0.2) is 35.0 Å². The van der Waals surface area contributed by atoms with Gasteiger partial charge in [0.05, 0.1) is 24.1 Å². The Morgan fingerprint density at radius 3 is 2.55 bits per heavy atom. The largest absolute Gasteiger partial charge is 0.416 e. The van der Waals surface area contributed by atoms with Crippen LogP contribution in [0.1, 0.15) is 30.0 Å². The van der Waals surface area contributed by atoms with Crippen LogP contribution >= 0.6 is 0 Å². The minimum atomic E-state index is -4.44. The fourth-order valence-corrected chi connectivity index (χ4v) is 4.14. The predicted molar refractivity (Wildman–Crippen MR) is 131 cm³/mol. The summed E-state index contributed by atoms with van der Waals surface area (Å²) in [7, 11) is 1.69. The van der Waals surface area contributed by atoms with Crippen LogP contribution in [0, 0.1) is 6.92 Å². The predicted octanol–water partition coefficient (Wildman–Crippen LogP) is 4.16. The summed E-state index contributed by atoms with van der Waals surface area (Å²) in [5, 5.41) is 6.64. The Bertz CT molecular complexity index is 1690. The number of nitrogens with one attached hydrogen (secondary N) is 1. The van der Waals surface area contributed by atoms with E-state index in [1.54, 1.807) is 49.8 Å². The molecule has 0 unspecified atom stereocenters. The van der Waals surface area contributed by atoms with Crippen LogP contribution in [0.5, 0.6) is 0 Å². The molecule has 0 aliphatic heterocycles. The molecular formula is C25H22F3N7O3. The third-order valence-corrected chi connectivity index (χ3v) is 6.17. The number of benzene rings is 1. The number of halogens is 3. The van der Waals surface area contributed by atoms with Gasteiger partial charge in [-0.05, 0) is 38.1 Å². The van der Waals surface area contributed by atoms with Gasteiger partial charge in [0.25, 0.3) is 5.56 Å². The molecule has 0 fully saturated rings. The number of aromatic nitrogens is 6. The van der Waals surface area contributed by atoms with E-state index in [9.17, 15) is 22.8 Å². The third kappa shape index (κ3) is 4.58. The zero-order valence-electron chi connectivity index (χ0n) is 20.5. The highest BCUT2D eigenvalue weighted by Gasteiger charge is 2.30. The molecular weight excluding hydrogens is 503 g/mol. The summed E-state index contributed by atoms with van der Waals surface area (Å²) >= 11 is 0. The summed E-state index contributed by atoms with van der Waals surface area (Å²) in [6.07, 6.45) is -3.01. The molecule has 1 amide bonds. The fourth-order valence-electron chi connectivity index (χ4n) is 4.14. The molecule has 0 saturated carbocycles. The smallest absolute Gasteiger partial charge is 0.361 e. The van der Waals surface area contributed by atoms with E-state index in [2.05, 4.69) is 20.4 Å². The van der Waals surface area contributed by atoms with Crippen LogP contribution < -0.4 is 10.9 Å². The number of carbonyl (C=O) groups is 1. The summed E-state index contributed by atoms with van der Waals surface area (Å²) in [5.41, 5.74) is 0.974. The highest BCUT2D eigenvalue weighted by molar-refractivity contribution is 5.93. The van der Waals surface area contributed by atoms with Crippen LogP contribution in [0.2, 0.25) is 0 Å². The van der Waals surface area contributed by atoms with E-state index in [0.29, 0.717) is 28.4 Å². The molecule has 38 heavy (non-hydrogen) atoms. The molecule has 1 atom stereocenters. The molecule has 0 spiro atoms. The van der Waals surface area contributed by atoms with Crippen molar-refractivity contribution >= 4 is 22.9 Å². The van der Waals surface area contributed by atoms with Crippen LogP contribution in [0.4, 0.5) is 19.0 Å². The van der Waals surface area contributed by atoms with E-state index in [1.165, 1.54) is 27.7 Å². The number of carbonyl (C=O) groups excluding carboxylic acids is 1. The van der Waals surface area contributed by atoms with E-state index in [1.807, 2.05) is 0 Å². The highest BCUT2D eigenvalue weighted by atomic mass is 19.4. The van der Waals surface area contributed by atoms with Crippen molar-refractivity contribution in [3.05, 3.63) is 82.2 Å². The van der Waals surface area contributed by atoms with Gasteiger partial charge >= 0.3 is 6.18 Å². The van der Waals surface area contributed by atoms with E-state index < -0.39 is 23.7 Å².